The zero-order valence-corrected chi connectivity index (χ0v) is 10.6. The highest BCUT2D eigenvalue weighted by Gasteiger charge is 2.10. The number of hydrogen-bond acceptors (Lipinski definition) is 3. The Kier molecular flexibility index (Phi) is 3.75. The lowest BCUT2D eigenvalue weighted by atomic mass is 10.2. The third-order valence-corrected chi connectivity index (χ3v) is 2.59. The van der Waals surface area contributed by atoms with E-state index in [0.717, 1.165) is 11.6 Å². The maximum absolute atomic E-state index is 12.7. The van der Waals surface area contributed by atoms with E-state index in [0.29, 0.717) is 11.4 Å². The average Bonchev–Trinajstić information content (AvgIpc) is 2.39. The van der Waals surface area contributed by atoms with Gasteiger partial charge >= 0.3 is 0 Å². The summed E-state index contributed by atoms with van der Waals surface area (Å²) in [4.78, 5) is 15.4. The fourth-order valence-electron chi connectivity index (χ4n) is 1.62. The molecule has 0 aliphatic rings. The predicted octanol–water partition coefficient (Wildman–Crippen LogP) is 2.79. The van der Waals surface area contributed by atoms with Crippen LogP contribution in [0.3, 0.4) is 0 Å². The molecule has 0 spiro atoms. The summed E-state index contributed by atoms with van der Waals surface area (Å²) in [5.74, 6) is -0.421. The molecule has 0 saturated heterocycles. The second-order valence-corrected chi connectivity index (χ2v) is 4.03. The molecule has 2 aromatic rings. The summed E-state index contributed by atoms with van der Waals surface area (Å²) < 4.78 is 17.9. The van der Waals surface area contributed by atoms with Gasteiger partial charge < -0.3 is 10.1 Å². The first-order valence-corrected chi connectivity index (χ1v) is 5.67. The van der Waals surface area contributed by atoms with Gasteiger partial charge in [0.1, 0.15) is 5.75 Å². The SMILES string of the molecule is COc1ccc(C)cc1NC(=O)c1ccc(F)nc1. The molecule has 98 valence electrons. The molecule has 1 N–H and O–H groups in total. The minimum atomic E-state index is -0.621. The number of aromatic nitrogens is 1. The van der Waals surface area contributed by atoms with Gasteiger partial charge in [-0.25, -0.2) is 4.98 Å². The third-order valence-electron chi connectivity index (χ3n) is 2.59. The number of ether oxygens (including phenoxy) is 1. The van der Waals surface area contributed by atoms with Crippen LogP contribution < -0.4 is 10.1 Å². The van der Waals surface area contributed by atoms with E-state index in [1.165, 1.54) is 19.4 Å². The van der Waals surface area contributed by atoms with Gasteiger partial charge in [-0.15, -0.1) is 0 Å². The van der Waals surface area contributed by atoms with Crippen LogP contribution in [0, 0.1) is 12.9 Å². The second kappa shape index (κ2) is 5.48. The monoisotopic (exact) mass is 260 g/mol. The highest BCUT2D eigenvalue weighted by atomic mass is 19.1. The highest BCUT2D eigenvalue weighted by Crippen LogP contribution is 2.25. The van der Waals surface area contributed by atoms with Crippen LogP contribution in [-0.2, 0) is 0 Å². The standard InChI is InChI=1S/C14H13FN2O2/c1-9-3-5-12(19-2)11(7-9)17-14(18)10-4-6-13(15)16-8-10/h3-8H,1-2H3,(H,17,18). The van der Waals surface area contributed by atoms with Gasteiger partial charge in [0.2, 0.25) is 5.95 Å². The first-order chi connectivity index (χ1) is 9.10. The Labute approximate surface area is 110 Å². The van der Waals surface area contributed by atoms with Crippen molar-refractivity contribution < 1.29 is 13.9 Å². The largest absolute Gasteiger partial charge is 0.495 e. The van der Waals surface area contributed by atoms with Crippen molar-refractivity contribution in [2.24, 2.45) is 0 Å². The predicted molar refractivity (Wildman–Crippen MR) is 69.9 cm³/mol. The number of halogens is 1. The summed E-state index contributed by atoms with van der Waals surface area (Å²) in [6.45, 7) is 1.91. The number of carbonyl (C=O) groups is 1. The van der Waals surface area contributed by atoms with Crippen LogP contribution in [0.1, 0.15) is 15.9 Å². The lowest BCUT2D eigenvalue weighted by Crippen LogP contribution is -2.13. The van der Waals surface area contributed by atoms with E-state index < -0.39 is 5.95 Å². The number of pyridine rings is 1. The Hall–Kier alpha value is -2.43. The van der Waals surface area contributed by atoms with E-state index in [1.54, 1.807) is 12.1 Å². The lowest BCUT2D eigenvalue weighted by molar-refractivity contribution is 0.102. The number of methoxy groups -OCH3 is 1. The molecule has 1 heterocycles. The molecule has 0 atom stereocenters. The summed E-state index contributed by atoms with van der Waals surface area (Å²) in [5, 5.41) is 2.71. The number of benzene rings is 1. The molecule has 0 aliphatic heterocycles. The average molecular weight is 260 g/mol. The molecule has 2 rings (SSSR count). The molecule has 0 aliphatic carbocycles. The maximum atomic E-state index is 12.7. The van der Waals surface area contributed by atoms with Crippen molar-refractivity contribution in [3.05, 3.63) is 53.6 Å². The van der Waals surface area contributed by atoms with Crippen molar-refractivity contribution in [1.29, 1.82) is 0 Å². The Balaban J connectivity index is 2.23. The highest BCUT2D eigenvalue weighted by molar-refractivity contribution is 6.04. The maximum Gasteiger partial charge on any atom is 0.257 e. The molecule has 0 fully saturated rings. The lowest BCUT2D eigenvalue weighted by Gasteiger charge is -2.10. The number of aryl methyl sites for hydroxylation is 1. The minimum absolute atomic E-state index is 0.282. The molecule has 0 bridgehead atoms. The van der Waals surface area contributed by atoms with Crippen molar-refractivity contribution in [3.63, 3.8) is 0 Å². The van der Waals surface area contributed by atoms with Gasteiger partial charge in [-0.2, -0.15) is 4.39 Å². The first-order valence-electron chi connectivity index (χ1n) is 5.67. The number of amides is 1. The number of carbonyl (C=O) groups excluding carboxylic acids is 1. The van der Waals surface area contributed by atoms with E-state index in [2.05, 4.69) is 10.3 Å². The fraction of sp³-hybridized carbons (Fsp3) is 0.143. The smallest absolute Gasteiger partial charge is 0.257 e. The van der Waals surface area contributed by atoms with Gasteiger partial charge in [-0.05, 0) is 36.8 Å². The molecule has 0 saturated carbocycles. The molecule has 1 aromatic carbocycles. The van der Waals surface area contributed by atoms with E-state index in [-0.39, 0.29) is 11.5 Å². The molecular weight excluding hydrogens is 247 g/mol. The van der Waals surface area contributed by atoms with Gasteiger partial charge in [0.05, 0.1) is 18.4 Å². The van der Waals surface area contributed by atoms with Crippen LogP contribution in [-0.4, -0.2) is 18.0 Å². The molecular formula is C14H13FN2O2. The molecule has 0 unspecified atom stereocenters. The minimum Gasteiger partial charge on any atom is -0.495 e. The zero-order valence-electron chi connectivity index (χ0n) is 10.6. The van der Waals surface area contributed by atoms with Crippen LogP contribution in [0.25, 0.3) is 0 Å². The molecule has 1 aromatic heterocycles. The molecule has 19 heavy (non-hydrogen) atoms. The van der Waals surface area contributed by atoms with Gasteiger partial charge in [0.25, 0.3) is 5.91 Å². The number of hydrogen-bond donors (Lipinski definition) is 1. The Morgan fingerprint density at radius 2 is 2.11 bits per heavy atom. The van der Waals surface area contributed by atoms with Gasteiger partial charge in [-0.3, -0.25) is 4.79 Å². The van der Waals surface area contributed by atoms with E-state index in [9.17, 15) is 9.18 Å². The normalized spacial score (nSPS) is 10.1. The van der Waals surface area contributed by atoms with E-state index >= 15 is 0 Å². The zero-order chi connectivity index (χ0) is 13.8. The van der Waals surface area contributed by atoms with Crippen LogP contribution in [0.15, 0.2) is 36.5 Å². The van der Waals surface area contributed by atoms with Gasteiger partial charge in [-0.1, -0.05) is 6.07 Å². The molecule has 1 amide bonds. The summed E-state index contributed by atoms with van der Waals surface area (Å²) in [6.07, 6.45) is 1.19. The topological polar surface area (TPSA) is 51.2 Å². The van der Waals surface area contributed by atoms with Crippen molar-refractivity contribution >= 4 is 11.6 Å². The first kappa shape index (κ1) is 13.0. The Morgan fingerprint density at radius 1 is 1.32 bits per heavy atom. The van der Waals surface area contributed by atoms with E-state index in [1.807, 2.05) is 13.0 Å². The summed E-state index contributed by atoms with van der Waals surface area (Å²) in [6, 6.07) is 7.97. The van der Waals surface area contributed by atoms with Crippen LogP contribution in [0.4, 0.5) is 10.1 Å². The van der Waals surface area contributed by atoms with Crippen LogP contribution >= 0.6 is 0 Å². The van der Waals surface area contributed by atoms with Gasteiger partial charge in [0, 0.05) is 6.20 Å². The number of anilines is 1. The Bertz CT molecular complexity index is 597. The Morgan fingerprint density at radius 3 is 2.74 bits per heavy atom. The van der Waals surface area contributed by atoms with E-state index in [4.69, 9.17) is 4.74 Å². The molecule has 5 heteroatoms. The van der Waals surface area contributed by atoms with Gasteiger partial charge in [0.15, 0.2) is 0 Å². The van der Waals surface area contributed by atoms with Crippen molar-refractivity contribution in [2.75, 3.05) is 12.4 Å². The van der Waals surface area contributed by atoms with Crippen molar-refractivity contribution in [1.82, 2.24) is 4.98 Å². The quantitative estimate of drug-likeness (QED) is 0.863. The summed E-state index contributed by atoms with van der Waals surface area (Å²) in [5.41, 5.74) is 1.84. The fourth-order valence-corrected chi connectivity index (χ4v) is 1.62. The molecule has 0 radical (unpaired) electrons. The number of rotatable bonds is 3. The molecule has 4 nitrogen and oxygen atoms in total. The number of nitrogens with zero attached hydrogens (tertiary/aromatic N) is 1. The third kappa shape index (κ3) is 3.07. The van der Waals surface area contributed by atoms with Crippen LogP contribution in [0.5, 0.6) is 5.75 Å². The van der Waals surface area contributed by atoms with Crippen molar-refractivity contribution in [2.45, 2.75) is 6.92 Å². The van der Waals surface area contributed by atoms with Crippen molar-refractivity contribution in [3.8, 4) is 5.75 Å². The summed E-state index contributed by atoms with van der Waals surface area (Å²) >= 11 is 0. The van der Waals surface area contributed by atoms with Crippen LogP contribution in [0.2, 0.25) is 0 Å². The summed E-state index contributed by atoms with van der Waals surface area (Å²) in [7, 11) is 1.53. The second-order valence-electron chi connectivity index (χ2n) is 4.03. The number of nitrogens with one attached hydrogen (secondary N) is 1.